The first-order valence-electron chi connectivity index (χ1n) is 7.61. The number of hydrogen-bond donors (Lipinski definition) is 1. The Hall–Kier alpha value is -2.09. The summed E-state index contributed by atoms with van der Waals surface area (Å²) < 4.78 is 0. The van der Waals surface area contributed by atoms with E-state index in [2.05, 4.69) is 15.5 Å². The van der Waals surface area contributed by atoms with Crippen LogP contribution in [0, 0.1) is 0 Å². The molecule has 124 valence electrons. The van der Waals surface area contributed by atoms with Crippen LogP contribution in [0.3, 0.4) is 0 Å². The van der Waals surface area contributed by atoms with E-state index in [0.717, 1.165) is 22.7 Å². The van der Waals surface area contributed by atoms with Gasteiger partial charge in [0.1, 0.15) is 11.0 Å². The van der Waals surface area contributed by atoms with Crippen LogP contribution in [0.5, 0.6) is 0 Å². The predicted octanol–water partition coefficient (Wildman–Crippen LogP) is 3.90. The number of hydrogen-bond acceptors (Lipinski definition) is 6. The summed E-state index contributed by atoms with van der Waals surface area (Å²) in [5.41, 5.74) is 1.99. The molecule has 2 aromatic heterocycles. The van der Waals surface area contributed by atoms with Gasteiger partial charge in [-0.05, 0) is 30.6 Å². The molecule has 0 saturated heterocycles. The number of nitrogens with one attached hydrogen (secondary N) is 1. The summed E-state index contributed by atoms with van der Waals surface area (Å²) >= 11 is 3.00. The summed E-state index contributed by atoms with van der Waals surface area (Å²) in [6.45, 7) is 2.80. The highest BCUT2D eigenvalue weighted by molar-refractivity contribution is 7.19. The van der Waals surface area contributed by atoms with Crippen molar-refractivity contribution in [2.45, 2.75) is 13.0 Å². The van der Waals surface area contributed by atoms with E-state index in [9.17, 15) is 4.79 Å². The van der Waals surface area contributed by atoms with Crippen LogP contribution in [0.2, 0.25) is 0 Å². The Morgan fingerprint density at radius 3 is 2.71 bits per heavy atom. The Kier molecular flexibility index (Phi) is 5.34. The van der Waals surface area contributed by atoms with Gasteiger partial charge in [0.2, 0.25) is 11.0 Å². The number of anilines is 1. The number of nitrogens with zero attached hydrogens (tertiary/aromatic N) is 3. The Balaban J connectivity index is 1.79. The lowest BCUT2D eigenvalue weighted by Gasteiger charge is -2.25. The Labute approximate surface area is 149 Å². The molecule has 24 heavy (non-hydrogen) atoms. The molecule has 0 spiro atoms. The zero-order chi connectivity index (χ0) is 16.9. The SMILES string of the molecule is CCN(C)C(C(=O)Nc1nnc(-c2ccsc2)s1)c1ccccc1. The van der Waals surface area contributed by atoms with Gasteiger partial charge >= 0.3 is 0 Å². The number of likely N-dealkylation sites (N-methyl/N-ethyl adjacent to an activating group) is 1. The molecule has 0 aliphatic heterocycles. The monoisotopic (exact) mass is 358 g/mol. The van der Waals surface area contributed by atoms with Crippen molar-refractivity contribution < 1.29 is 4.79 Å². The normalized spacial score (nSPS) is 12.3. The summed E-state index contributed by atoms with van der Waals surface area (Å²) in [6, 6.07) is 11.4. The topological polar surface area (TPSA) is 58.1 Å². The minimum absolute atomic E-state index is 0.0985. The van der Waals surface area contributed by atoms with Gasteiger partial charge in [-0.3, -0.25) is 15.0 Å². The lowest BCUT2D eigenvalue weighted by molar-refractivity contribution is -0.121. The molecule has 7 heteroatoms. The van der Waals surface area contributed by atoms with Crippen molar-refractivity contribution in [2.24, 2.45) is 0 Å². The van der Waals surface area contributed by atoms with E-state index in [-0.39, 0.29) is 11.9 Å². The van der Waals surface area contributed by atoms with Gasteiger partial charge in [-0.15, -0.1) is 10.2 Å². The third kappa shape index (κ3) is 3.69. The maximum Gasteiger partial charge on any atom is 0.248 e. The number of rotatable bonds is 6. The first kappa shape index (κ1) is 16.8. The number of carbonyl (C=O) groups excluding carboxylic acids is 1. The smallest absolute Gasteiger partial charge is 0.248 e. The largest absolute Gasteiger partial charge is 0.299 e. The van der Waals surface area contributed by atoms with Crippen LogP contribution in [0.4, 0.5) is 5.13 Å². The fourth-order valence-electron chi connectivity index (χ4n) is 2.37. The number of benzene rings is 1. The fraction of sp³-hybridized carbons (Fsp3) is 0.235. The summed E-state index contributed by atoms with van der Waals surface area (Å²) in [7, 11) is 1.94. The van der Waals surface area contributed by atoms with Gasteiger partial charge in [-0.2, -0.15) is 11.3 Å². The minimum atomic E-state index is -0.357. The van der Waals surface area contributed by atoms with Crippen LogP contribution in [0.15, 0.2) is 47.2 Å². The first-order chi connectivity index (χ1) is 11.7. The molecule has 3 aromatic rings. The molecule has 0 fully saturated rings. The van der Waals surface area contributed by atoms with Crippen LogP contribution in [0.1, 0.15) is 18.5 Å². The van der Waals surface area contributed by atoms with Crippen LogP contribution >= 0.6 is 22.7 Å². The van der Waals surface area contributed by atoms with Gasteiger partial charge in [-0.1, -0.05) is 48.6 Å². The minimum Gasteiger partial charge on any atom is -0.299 e. The fourth-order valence-corrected chi connectivity index (χ4v) is 3.83. The molecule has 1 aromatic carbocycles. The molecular weight excluding hydrogens is 340 g/mol. The van der Waals surface area contributed by atoms with E-state index in [1.807, 2.05) is 66.0 Å². The zero-order valence-corrected chi connectivity index (χ0v) is 15.1. The van der Waals surface area contributed by atoms with E-state index < -0.39 is 0 Å². The number of carbonyl (C=O) groups is 1. The highest BCUT2D eigenvalue weighted by Gasteiger charge is 2.25. The van der Waals surface area contributed by atoms with Gasteiger partial charge in [0.15, 0.2) is 0 Å². The second kappa shape index (κ2) is 7.65. The first-order valence-corrected chi connectivity index (χ1v) is 9.37. The molecule has 0 aliphatic rings. The molecule has 1 atom stereocenters. The lowest BCUT2D eigenvalue weighted by atomic mass is 10.1. The van der Waals surface area contributed by atoms with Crippen molar-refractivity contribution in [1.29, 1.82) is 0 Å². The molecule has 0 bridgehead atoms. The average molecular weight is 358 g/mol. The molecule has 2 heterocycles. The molecule has 1 unspecified atom stereocenters. The van der Waals surface area contributed by atoms with Gasteiger partial charge in [0.05, 0.1) is 0 Å². The van der Waals surface area contributed by atoms with Crippen molar-refractivity contribution in [1.82, 2.24) is 15.1 Å². The summed E-state index contributed by atoms with van der Waals surface area (Å²) in [4.78, 5) is 14.8. The Morgan fingerprint density at radius 1 is 1.25 bits per heavy atom. The molecule has 3 rings (SSSR count). The van der Waals surface area contributed by atoms with E-state index in [0.29, 0.717) is 5.13 Å². The van der Waals surface area contributed by atoms with Gasteiger partial charge in [0, 0.05) is 10.9 Å². The molecular formula is C17H18N4OS2. The van der Waals surface area contributed by atoms with Crippen molar-refractivity contribution in [3.05, 3.63) is 52.7 Å². The van der Waals surface area contributed by atoms with Crippen LogP contribution in [-0.2, 0) is 4.79 Å². The zero-order valence-electron chi connectivity index (χ0n) is 13.5. The predicted molar refractivity (Wildman–Crippen MR) is 99.3 cm³/mol. The maximum atomic E-state index is 12.8. The number of amides is 1. The third-order valence-electron chi connectivity index (χ3n) is 3.73. The summed E-state index contributed by atoms with van der Waals surface area (Å²) in [5, 5.41) is 16.5. The van der Waals surface area contributed by atoms with Crippen LogP contribution in [0.25, 0.3) is 10.6 Å². The van der Waals surface area contributed by atoms with Crippen molar-refractivity contribution in [3.8, 4) is 10.6 Å². The number of aromatic nitrogens is 2. The average Bonchev–Trinajstić information content (AvgIpc) is 3.27. The number of thiophene rings is 1. The van der Waals surface area contributed by atoms with Crippen molar-refractivity contribution >= 4 is 33.7 Å². The Bertz CT molecular complexity index is 786. The van der Waals surface area contributed by atoms with E-state index in [4.69, 9.17) is 0 Å². The standard InChI is InChI=1S/C17H18N4OS2/c1-3-21(2)14(12-7-5-4-6-8-12)15(22)18-17-20-19-16(24-17)13-9-10-23-11-13/h4-11,14H,3H2,1-2H3,(H,18,20,22). The highest BCUT2D eigenvalue weighted by Crippen LogP contribution is 2.29. The maximum absolute atomic E-state index is 12.8. The van der Waals surface area contributed by atoms with E-state index in [1.165, 1.54) is 11.3 Å². The molecule has 1 amide bonds. The van der Waals surface area contributed by atoms with Gasteiger partial charge in [0.25, 0.3) is 0 Å². The molecule has 0 aliphatic carbocycles. The molecule has 1 N–H and O–H groups in total. The van der Waals surface area contributed by atoms with E-state index in [1.54, 1.807) is 11.3 Å². The van der Waals surface area contributed by atoms with Gasteiger partial charge in [-0.25, -0.2) is 0 Å². The van der Waals surface area contributed by atoms with Crippen LogP contribution in [-0.4, -0.2) is 34.6 Å². The van der Waals surface area contributed by atoms with Crippen LogP contribution < -0.4 is 5.32 Å². The molecule has 0 radical (unpaired) electrons. The van der Waals surface area contributed by atoms with E-state index >= 15 is 0 Å². The molecule has 5 nitrogen and oxygen atoms in total. The summed E-state index contributed by atoms with van der Waals surface area (Å²) in [6.07, 6.45) is 0. The lowest BCUT2D eigenvalue weighted by Crippen LogP contribution is -2.34. The van der Waals surface area contributed by atoms with Crippen molar-refractivity contribution in [3.63, 3.8) is 0 Å². The molecule has 0 saturated carbocycles. The second-order valence-electron chi connectivity index (χ2n) is 5.30. The Morgan fingerprint density at radius 2 is 2.04 bits per heavy atom. The highest BCUT2D eigenvalue weighted by atomic mass is 32.1. The summed E-state index contributed by atoms with van der Waals surface area (Å²) in [5.74, 6) is -0.0985. The van der Waals surface area contributed by atoms with Gasteiger partial charge < -0.3 is 0 Å². The second-order valence-corrected chi connectivity index (χ2v) is 7.06. The third-order valence-corrected chi connectivity index (χ3v) is 5.30. The van der Waals surface area contributed by atoms with Crippen molar-refractivity contribution in [2.75, 3.05) is 18.9 Å². The quantitative estimate of drug-likeness (QED) is 0.726.